The summed E-state index contributed by atoms with van der Waals surface area (Å²) in [7, 11) is 0. The standard InChI is InChI=1S/C60H38N2/c1-31-9-17-39-47(23-31)45(27-51-41-19-11-33(3)55-43-7-5-21-61-59(43)53(57(41)55)29-49(39)51)37-15-13-36-26-38(16-14-35(36)25-37)46-28-52-42-20-12-34(4)56-44-8-6-22-62-60(44)54(58(42)56)30-50(52)40-18-10-32(2)24-48(40)46/h5-30H,1-4H3. The molecule has 0 saturated carbocycles. The number of nitrogens with zero attached hydrogens (tertiary/aromatic N) is 2. The molecule has 2 aromatic heterocycles. The zero-order chi connectivity index (χ0) is 41.1. The van der Waals surface area contributed by atoms with Crippen LogP contribution in [0.3, 0.4) is 0 Å². The van der Waals surface area contributed by atoms with Crippen LogP contribution in [0.4, 0.5) is 0 Å². The summed E-state index contributed by atoms with van der Waals surface area (Å²) >= 11 is 0. The predicted molar refractivity (Wildman–Crippen MR) is 263 cm³/mol. The Hall–Kier alpha value is -7.68. The van der Waals surface area contributed by atoms with E-state index >= 15 is 0 Å². The minimum atomic E-state index is 1.09. The second-order valence-corrected chi connectivity index (χ2v) is 17.9. The number of benzene rings is 10. The molecule has 0 spiro atoms. The van der Waals surface area contributed by atoms with Crippen LogP contribution in [-0.2, 0) is 0 Å². The van der Waals surface area contributed by atoms with E-state index in [1.54, 1.807) is 0 Å². The first-order chi connectivity index (χ1) is 30.4. The molecule has 0 atom stereocenters. The molecule has 12 aromatic rings. The van der Waals surface area contributed by atoms with Crippen molar-refractivity contribution >= 4 is 75.4 Å². The molecule has 2 heteroatoms. The maximum atomic E-state index is 4.92. The molecule has 62 heavy (non-hydrogen) atoms. The Morgan fingerprint density at radius 1 is 0.306 bits per heavy atom. The Kier molecular flexibility index (Phi) is 6.59. The van der Waals surface area contributed by atoms with Crippen LogP contribution >= 0.6 is 0 Å². The first kappa shape index (κ1) is 34.1. The molecule has 0 fully saturated rings. The molecular weight excluding hydrogens is 749 g/mol. The number of aromatic nitrogens is 2. The van der Waals surface area contributed by atoms with Gasteiger partial charge in [-0.15, -0.1) is 0 Å². The summed E-state index contributed by atoms with van der Waals surface area (Å²) in [6, 6.07) is 55.6. The first-order valence-corrected chi connectivity index (χ1v) is 21.7. The van der Waals surface area contributed by atoms with Gasteiger partial charge in [0.2, 0.25) is 0 Å². The monoisotopic (exact) mass is 786 g/mol. The van der Waals surface area contributed by atoms with E-state index in [0.29, 0.717) is 0 Å². The summed E-state index contributed by atoms with van der Waals surface area (Å²) in [4.78, 5) is 9.84. The summed E-state index contributed by atoms with van der Waals surface area (Å²) in [5.41, 5.74) is 19.9. The molecule has 0 bridgehead atoms. The van der Waals surface area contributed by atoms with Gasteiger partial charge in [0.15, 0.2) is 0 Å². The number of hydrogen-bond donors (Lipinski definition) is 0. The van der Waals surface area contributed by atoms with Crippen molar-refractivity contribution in [1.29, 1.82) is 0 Å². The molecule has 2 aliphatic carbocycles. The van der Waals surface area contributed by atoms with E-state index < -0.39 is 0 Å². The fraction of sp³-hybridized carbons (Fsp3) is 0.0667. The molecule has 2 nitrogen and oxygen atoms in total. The van der Waals surface area contributed by atoms with E-state index in [1.807, 2.05) is 12.4 Å². The third-order valence-corrected chi connectivity index (χ3v) is 14.3. The lowest BCUT2D eigenvalue weighted by atomic mass is 9.87. The van der Waals surface area contributed by atoms with E-state index in [-0.39, 0.29) is 0 Å². The van der Waals surface area contributed by atoms with Gasteiger partial charge < -0.3 is 0 Å². The summed E-state index contributed by atoms with van der Waals surface area (Å²) in [5, 5.41) is 17.9. The van der Waals surface area contributed by atoms with Crippen LogP contribution in [0.2, 0.25) is 0 Å². The lowest BCUT2D eigenvalue weighted by Crippen LogP contribution is -1.90. The van der Waals surface area contributed by atoms with Crippen LogP contribution in [0.1, 0.15) is 22.3 Å². The number of fused-ring (bicyclic) bond motifs is 15. The number of aryl methyl sites for hydroxylation is 4. The first-order valence-electron chi connectivity index (χ1n) is 21.7. The molecule has 2 heterocycles. The maximum Gasteiger partial charge on any atom is 0.0787 e. The topological polar surface area (TPSA) is 25.8 Å². The zero-order valence-electron chi connectivity index (χ0n) is 34.9. The predicted octanol–water partition coefficient (Wildman–Crippen LogP) is 16.4. The Morgan fingerprint density at radius 3 is 1.19 bits per heavy atom. The van der Waals surface area contributed by atoms with Gasteiger partial charge in [0, 0.05) is 34.6 Å². The summed E-state index contributed by atoms with van der Waals surface area (Å²) in [6.07, 6.45) is 3.86. The van der Waals surface area contributed by atoms with Crippen LogP contribution in [0, 0.1) is 27.7 Å². The number of hydrogen-bond acceptors (Lipinski definition) is 2. The highest BCUT2D eigenvalue weighted by Gasteiger charge is 2.28. The largest absolute Gasteiger partial charge is 0.256 e. The van der Waals surface area contributed by atoms with Crippen molar-refractivity contribution in [3.8, 4) is 67.0 Å². The molecular formula is C60H38N2. The Bertz CT molecular complexity index is 3810. The van der Waals surface area contributed by atoms with Gasteiger partial charge in [-0.3, -0.25) is 9.97 Å². The Labute approximate surface area is 358 Å². The van der Waals surface area contributed by atoms with Gasteiger partial charge >= 0.3 is 0 Å². The molecule has 10 aromatic carbocycles. The van der Waals surface area contributed by atoms with Gasteiger partial charge in [-0.05, 0) is 196 Å². The minimum Gasteiger partial charge on any atom is -0.256 e. The Balaban J connectivity index is 0.970. The fourth-order valence-corrected chi connectivity index (χ4v) is 11.5. The maximum absolute atomic E-state index is 4.92. The molecule has 0 N–H and O–H groups in total. The number of pyridine rings is 2. The smallest absolute Gasteiger partial charge is 0.0787 e. The summed E-state index contributed by atoms with van der Waals surface area (Å²) in [6.45, 7) is 8.86. The minimum absolute atomic E-state index is 1.09. The highest BCUT2D eigenvalue weighted by atomic mass is 14.7. The van der Waals surface area contributed by atoms with Crippen molar-refractivity contribution in [3.63, 3.8) is 0 Å². The highest BCUT2D eigenvalue weighted by molar-refractivity contribution is 6.30. The third kappa shape index (κ3) is 4.43. The lowest BCUT2D eigenvalue weighted by molar-refractivity contribution is 1.34. The van der Waals surface area contributed by atoms with Crippen molar-refractivity contribution < 1.29 is 0 Å². The quantitative estimate of drug-likeness (QED) is 0.163. The molecule has 2 aliphatic rings. The molecule has 0 radical (unpaired) electrons. The average molecular weight is 787 g/mol. The fourth-order valence-electron chi connectivity index (χ4n) is 11.5. The summed E-state index contributed by atoms with van der Waals surface area (Å²) in [5.74, 6) is 0. The van der Waals surface area contributed by atoms with Gasteiger partial charge in [0.05, 0.1) is 11.4 Å². The van der Waals surface area contributed by atoms with E-state index in [2.05, 4.69) is 173 Å². The van der Waals surface area contributed by atoms with Crippen LogP contribution in [-0.4, -0.2) is 9.97 Å². The van der Waals surface area contributed by atoms with E-state index in [1.165, 1.54) is 153 Å². The van der Waals surface area contributed by atoms with Crippen molar-refractivity contribution in [2.75, 3.05) is 0 Å². The highest BCUT2D eigenvalue weighted by Crippen LogP contribution is 2.53. The Morgan fingerprint density at radius 2 is 0.726 bits per heavy atom. The number of rotatable bonds is 2. The van der Waals surface area contributed by atoms with Crippen molar-refractivity contribution in [2.24, 2.45) is 0 Å². The van der Waals surface area contributed by atoms with Crippen LogP contribution in [0.25, 0.3) is 142 Å². The molecule has 0 amide bonds. The summed E-state index contributed by atoms with van der Waals surface area (Å²) < 4.78 is 0. The molecule has 0 unspecified atom stereocenters. The third-order valence-electron chi connectivity index (χ3n) is 14.3. The van der Waals surface area contributed by atoms with E-state index in [9.17, 15) is 0 Å². The van der Waals surface area contributed by atoms with Gasteiger partial charge in [-0.1, -0.05) is 108 Å². The van der Waals surface area contributed by atoms with Gasteiger partial charge in [-0.25, -0.2) is 0 Å². The zero-order valence-corrected chi connectivity index (χ0v) is 34.9. The molecule has 0 saturated heterocycles. The van der Waals surface area contributed by atoms with Crippen molar-refractivity contribution in [2.45, 2.75) is 27.7 Å². The van der Waals surface area contributed by atoms with Gasteiger partial charge in [0.25, 0.3) is 0 Å². The second kappa shape index (κ2) is 12.0. The van der Waals surface area contributed by atoms with Gasteiger partial charge in [0.1, 0.15) is 0 Å². The normalized spacial score (nSPS) is 12.5. The molecule has 14 rings (SSSR count). The van der Waals surface area contributed by atoms with Crippen molar-refractivity contribution in [1.82, 2.24) is 9.97 Å². The van der Waals surface area contributed by atoms with E-state index in [0.717, 1.165) is 11.4 Å². The second-order valence-electron chi connectivity index (χ2n) is 17.9. The van der Waals surface area contributed by atoms with Crippen LogP contribution in [0.5, 0.6) is 0 Å². The lowest BCUT2D eigenvalue weighted by Gasteiger charge is -2.17. The van der Waals surface area contributed by atoms with Crippen LogP contribution < -0.4 is 0 Å². The molecule has 288 valence electrons. The van der Waals surface area contributed by atoms with Crippen molar-refractivity contribution in [3.05, 3.63) is 180 Å². The van der Waals surface area contributed by atoms with Gasteiger partial charge in [-0.2, -0.15) is 0 Å². The molecule has 0 aliphatic heterocycles. The van der Waals surface area contributed by atoms with E-state index in [4.69, 9.17) is 9.97 Å². The SMILES string of the molecule is Cc1ccc2c(c1)c(-c1ccc3cc(-c4cc5c6ccc(C)c7c6c(cc5c5ccc(C)cc45)-c4ncccc4-7)ccc3c1)cc1c3ccc(C)c4c3c(cc21)-c1ncccc1-4. The average Bonchev–Trinajstić information content (AvgIpc) is 3.82. The van der Waals surface area contributed by atoms with Crippen LogP contribution in [0.15, 0.2) is 158 Å².